The van der Waals surface area contributed by atoms with Gasteiger partial charge >= 0.3 is 0 Å². The van der Waals surface area contributed by atoms with Gasteiger partial charge in [-0.15, -0.1) is 0 Å². The van der Waals surface area contributed by atoms with Gasteiger partial charge in [0.2, 0.25) is 0 Å². The quantitative estimate of drug-likeness (QED) is 0.762. The van der Waals surface area contributed by atoms with E-state index >= 15 is 0 Å². The van der Waals surface area contributed by atoms with Crippen LogP contribution in [-0.4, -0.2) is 15.0 Å². The van der Waals surface area contributed by atoms with Crippen LogP contribution in [0.3, 0.4) is 0 Å². The van der Waals surface area contributed by atoms with Gasteiger partial charge in [-0.05, 0) is 12.5 Å². The molecule has 0 bridgehead atoms. The summed E-state index contributed by atoms with van der Waals surface area (Å²) in [7, 11) is 0. The molecule has 96 valence electrons. The van der Waals surface area contributed by atoms with Crippen LogP contribution in [0.1, 0.15) is 25.6 Å². The Hall–Kier alpha value is -2.16. The largest absolute Gasteiger partial charge is 0.341 e. The van der Waals surface area contributed by atoms with Crippen LogP contribution in [0.5, 0.6) is 0 Å². The Morgan fingerprint density at radius 1 is 1.16 bits per heavy atom. The molecule has 0 fully saturated rings. The van der Waals surface area contributed by atoms with Gasteiger partial charge in [0.05, 0.1) is 22.9 Å². The first-order chi connectivity index (χ1) is 9.36. The molecule has 3 rings (SSSR count). The van der Waals surface area contributed by atoms with E-state index in [4.69, 9.17) is 0 Å². The minimum absolute atomic E-state index is 0.974. The van der Waals surface area contributed by atoms with Gasteiger partial charge in [-0.2, -0.15) is 0 Å². The van der Waals surface area contributed by atoms with E-state index in [0.29, 0.717) is 0 Å². The van der Waals surface area contributed by atoms with E-state index in [1.165, 1.54) is 12.8 Å². The predicted molar refractivity (Wildman–Crippen MR) is 77.9 cm³/mol. The molecule has 0 aliphatic carbocycles. The second kappa shape index (κ2) is 5.22. The fourth-order valence-electron chi connectivity index (χ4n) is 2.19. The molecule has 3 heteroatoms. The van der Waals surface area contributed by atoms with Crippen LogP contribution in [0.25, 0.3) is 22.3 Å². The number of nitrogens with zero attached hydrogens (tertiary/aromatic N) is 2. The van der Waals surface area contributed by atoms with E-state index in [2.05, 4.69) is 40.1 Å². The minimum atomic E-state index is 0.974. The molecule has 1 aromatic carbocycles. The third-order valence-electron chi connectivity index (χ3n) is 3.25. The third-order valence-corrected chi connectivity index (χ3v) is 3.25. The van der Waals surface area contributed by atoms with Gasteiger partial charge in [-0.25, -0.2) is 4.98 Å². The average molecular weight is 251 g/mol. The molecule has 0 saturated heterocycles. The number of pyridine rings is 1. The maximum absolute atomic E-state index is 4.64. The number of aromatic nitrogens is 3. The summed E-state index contributed by atoms with van der Waals surface area (Å²) in [4.78, 5) is 12.5. The van der Waals surface area contributed by atoms with Crippen LogP contribution >= 0.6 is 0 Å². The van der Waals surface area contributed by atoms with Crippen molar-refractivity contribution >= 4 is 11.0 Å². The Morgan fingerprint density at radius 2 is 2.00 bits per heavy atom. The fourth-order valence-corrected chi connectivity index (χ4v) is 2.19. The first-order valence-electron chi connectivity index (χ1n) is 6.77. The molecule has 2 heterocycles. The molecule has 0 aliphatic heterocycles. The lowest BCUT2D eigenvalue weighted by Gasteiger charge is -1.99. The molecule has 0 saturated carbocycles. The lowest BCUT2D eigenvalue weighted by molar-refractivity contribution is 0.765. The predicted octanol–water partition coefficient (Wildman–Crippen LogP) is 3.97. The molecule has 0 aliphatic rings. The maximum atomic E-state index is 4.64. The highest BCUT2D eigenvalue weighted by molar-refractivity contribution is 5.79. The van der Waals surface area contributed by atoms with Gasteiger partial charge in [0.15, 0.2) is 0 Å². The topological polar surface area (TPSA) is 41.6 Å². The number of benzene rings is 1. The Bertz CT molecular complexity index is 671. The van der Waals surface area contributed by atoms with Crippen LogP contribution in [0, 0.1) is 0 Å². The van der Waals surface area contributed by atoms with Crippen LogP contribution in [-0.2, 0) is 6.42 Å². The molecule has 1 N–H and O–H groups in total. The Labute approximate surface area is 112 Å². The molecule has 0 amide bonds. The molecular weight excluding hydrogens is 234 g/mol. The van der Waals surface area contributed by atoms with Gasteiger partial charge in [0.25, 0.3) is 0 Å². The number of aromatic amines is 1. The number of hydrogen-bond acceptors (Lipinski definition) is 2. The number of unbranched alkanes of at least 4 members (excludes halogenated alkanes) is 1. The average Bonchev–Trinajstić information content (AvgIpc) is 2.87. The standard InChI is InChI=1S/C16H17N3/c1-2-3-9-16-18-14-10-13(17-11-15(14)19-16)12-7-5-4-6-8-12/h4-8,10-11H,2-3,9H2,1H3,(H,18,19). The van der Waals surface area contributed by atoms with Gasteiger partial charge in [-0.1, -0.05) is 43.7 Å². The van der Waals surface area contributed by atoms with E-state index in [-0.39, 0.29) is 0 Å². The van der Waals surface area contributed by atoms with Crippen molar-refractivity contribution in [3.8, 4) is 11.3 Å². The maximum Gasteiger partial charge on any atom is 0.107 e. The van der Waals surface area contributed by atoms with Crippen LogP contribution in [0.15, 0.2) is 42.6 Å². The third kappa shape index (κ3) is 2.50. The number of imidazole rings is 1. The van der Waals surface area contributed by atoms with Crippen LogP contribution in [0.2, 0.25) is 0 Å². The molecule has 0 radical (unpaired) electrons. The summed E-state index contributed by atoms with van der Waals surface area (Å²) in [5.41, 5.74) is 4.12. The van der Waals surface area contributed by atoms with Crippen molar-refractivity contribution in [1.29, 1.82) is 0 Å². The van der Waals surface area contributed by atoms with E-state index in [0.717, 1.165) is 34.5 Å². The number of aryl methyl sites for hydroxylation is 1. The van der Waals surface area contributed by atoms with Crippen molar-refractivity contribution in [3.05, 3.63) is 48.4 Å². The number of nitrogens with one attached hydrogen (secondary N) is 1. The summed E-state index contributed by atoms with van der Waals surface area (Å²) in [5, 5.41) is 0. The fraction of sp³-hybridized carbons (Fsp3) is 0.250. The normalized spacial score (nSPS) is 11.0. The van der Waals surface area contributed by atoms with Crippen LogP contribution in [0.4, 0.5) is 0 Å². The van der Waals surface area contributed by atoms with E-state index in [1.54, 1.807) is 0 Å². The number of fused-ring (bicyclic) bond motifs is 1. The second-order valence-corrected chi connectivity index (χ2v) is 4.74. The lowest BCUT2D eigenvalue weighted by Crippen LogP contribution is -1.86. The summed E-state index contributed by atoms with van der Waals surface area (Å²) in [6.45, 7) is 2.19. The molecule has 2 aromatic heterocycles. The van der Waals surface area contributed by atoms with E-state index in [1.807, 2.05) is 24.4 Å². The zero-order chi connectivity index (χ0) is 13.1. The van der Waals surface area contributed by atoms with Gasteiger partial charge in [0.1, 0.15) is 5.82 Å². The molecule has 0 spiro atoms. The summed E-state index contributed by atoms with van der Waals surface area (Å²) >= 11 is 0. The summed E-state index contributed by atoms with van der Waals surface area (Å²) in [5.74, 6) is 1.06. The van der Waals surface area contributed by atoms with Crippen molar-refractivity contribution in [1.82, 2.24) is 15.0 Å². The molecular formula is C16H17N3. The van der Waals surface area contributed by atoms with Crippen LogP contribution < -0.4 is 0 Å². The number of hydrogen-bond donors (Lipinski definition) is 1. The zero-order valence-corrected chi connectivity index (χ0v) is 11.1. The highest BCUT2D eigenvalue weighted by atomic mass is 14.9. The number of H-pyrrole nitrogens is 1. The van der Waals surface area contributed by atoms with Crippen molar-refractivity contribution in [2.24, 2.45) is 0 Å². The smallest absolute Gasteiger partial charge is 0.107 e. The van der Waals surface area contributed by atoms with Gasteiger partial charge < -0.3 is 4.98 Å². The minimum Gasteiger partial charge on any atom is -0.341 e. The van der Waals surface area contributed by atoms with E-state index in [9.17, 15) is 0 Å². The number of rotatable bonds is 4. The lowest BCUT2D eigenvalue weighted by atomic mass is 10.1. The molecule has 0 unspecified atom stereocenters. The first-order valence-corrected chi connectivity index (χ1v) is 6.77. The molecule has 19 heavy (non-hydrogen) atoms. The Kier molecular flexibility index (Phi) is 3.27. The monoisotopic (exact) mass is 251 g/mol. The van der Waals surface area contributed by atoms with Crippen molar-refractivity contribution < 1.29 is 0 Å². The Morgan fingerprint density at radius 3 is 2.79 bits per heavy atom. The molecule has 3 aromatic rings. The van der Waals surface area contributed by atoms with E-state index < -0.39 is 0 Å². The van der Waals surface area contributed by atoms with Crippen molar-refractivity contribution in [2.75, 3.05) is 0 Å². The zero-order valence-electron chi connectivity index (χ0n) is 11.1. The Balaban J connectivity index is 1.97. The summed E-state index contributed by atoms with van der Waals surface area (Å²) < 4.78 is 0. The summed E-state index contributed by atoms with van der Waals surface area (Å²) in [6, 6.07) is 12.3. The van der Waals surface area contributed by atoms with Gasteiger partial charge in [0, 0.05) is 12.0 Å². The van der Waals surface area contributed by atoms with Crippen molar-refractivity contribution in [3.63, 3.8) is 0 Å². The SMILES string of the molecule is CCCCc1nc2cc(-c3ccccc3)ncc2[nH]1. The molecule has 0 atom stereocenters. The highest BCUT2D eigenvalue weighted by Crippen LogP contribution is 2.20. The highest BCUT2D eigenvalue weighted by Gasteiger charge is 2.05. The second-order valence-electron chi connectivity index (χ2n) is 4.74. The van der Waals surface area contributed by atoms with Gasteiger partial charge in [-0.3, -0.25) is 4.98 Å². The summed E-state index contributed by atoms with van der Waals surface area (Å²) in [6.07, 6.45) is 5.23. The first kappa shape index (κ1) is 11.9. The van der Waals surface area contributed by atoms with Crippen molar-refractivity contribution in [2.45, 2.75) is 26.2 Å². The molecule has 3 nitrogen and oxygen atoms in total.